The first kappa shape index (κ1) is 14.0. The van der Waals surface area contributed by atoms with Crippen LogP contribution in [0.4, 0.5) is 0 Å². The van der Waals surface area contributed by atoms with Crippen LogP contribution in [0, 0.1) is 22.7 Å². The Morgan fingerprint density at radius 2 is 1.61 bits per heavy atom. The molecule has 4 nitrogen and oxygen atoms in total. The van der Waals surface area contributed by atoms with E-state index in [1.807, 2.05) is 12.1 Å². The van der Waals surface area contributed by atoms with Gasteiger partial charge in [-0.05, 0) is 24.3 Å². The molecule has 0 spiro atoms. The number of nitrogens with zero attached hydrogens (tertiary/aromatic N) is 3. The maximum atomic E-state index is 12.1. The summed E-state index contributed by atoms with van der Waals surface area (Å²) in [5.41, 5.74) is 0.510. The van der Waals surface area contributed by atoms with Crippen LogP contribution < -0.4 is 0 Å². The molecule has 5 heteroatoms. The zero-order chi connectivity index (χ0) is 13.4. The van der Waals surface area contributed by atoms with Crippen molar-refractivity contribution >= 4 is 17.5 Å². The van der Waals surface area contributed by atoms with E-state index < -0.39 is 0 Å². The van der Waals surface area contributed by atoms with Crippen LogP contribution in [0.25, 0.3) is 0 Å². The highest BCUT2D eigenvalue weighted by atomic mass is 35.5. The minimum absolute atomic E-state index is 0.183. The fourth-order valence-electron chi connectivity index (χ4n) is 1.46. The van der Waals surface area contributed by atoms with Gasteiger partial charge in [0.05, 0.1) is 25.0 Å². The Bertz CT molecular complexity index is 466. The summed E-state index contributed by atoms with van der Waals surface area (Å²) in [5, 5.41) is 17.7. The Balaban J connectivity index is 2.78. The predicted octanol–water partition coefficient (Wildman–Crippen LogP) is 2.61. The van der Waals surface area contributed by atoms with Crippen molar-refractivity contribution in [3.05, 3.63) is 34.9 Å². The van der Waals surface area contributed by atoms with Gasteiger partial charge in [-0.2, -0.15) is 10.5 Å². The maximum absolute atomic E-state index is 12.1. The van der Waals surface area contributed by atoms with Crippen molar-refractivity contribution in [1.29, 1.82) is 10.5 Å². The number of carbonyl (C=O) groups excluding carboxylic acids is 1. The van der Waals surface area contributed by atoms with Crippen LogP contribution in [0.15, 0.2) is 24.3 Å². The maximum Gasteiger partial charge on any atom is 0.253 e. The van der Waals surface area contributed by atoms with Crippen molar-refractivity contribution in [2.75, 3.05) is 13.1 Å². The van der Waals surface area contributed by atoms with E-state index in [0.717, 1.165) is 0 Å². The molecule has 0 aromatic heterocycles. The van der Waals surface area contributed by atoms with Crippen molar-refractivity contribution in [1.82, 2.24) is 4.90 Å². The third-order valence-corrected chi connectivity index (χ3v) is 2.62. The van der Waals surface area contributed by atoms with E-state index in [-0.39, 0.29) is 18.7 Å². The SMILES string of the molecule is N#CCCN(CCC#N)C(=O)c1ccc(Cl)cc1. The molecule has 92 valence electrons. The minimum Gasteiger partial charge on any atom is -0.337 e. The number of nitriles is 2. The molecular weight excluding hydrogens is 250 g/mol. The highest BCUT2D eigenvalue weighted by molar-refractivity contribution is 6.30. The van der Waals surface area contributed by atoms with Gasteiger partial charge in [0, 0.05) is 23.7 Å². The molecule has 0 saturated carbocycles. The molecule has 0 saturated heterocycles. The van der Waals surface area contributed by atoms with Gasteiger partial charge in [-0.3, -0.25) is 4.79 Å². The van der Waals surface area contributed by atoms with Gasteiger partial charge in [0.1, 0.15) is 0 Å². The number of amides is 1. The van der Waals surface area contributed by atoms with Gasteiger partial charge in [-0.25, -0.2) is 0 Å². The lowest BCUT2D eigenvalue weighted by Gasteiger charge is -2.20. The normalized spacial score (nSPS) is 9.28. The van der Waals surface area contributed by atoms with E-state index in [0.29, 0.717) is 23.7 Å². The standard InChI is InChI=1S/C13H12ClN3O/c14-12-5-3-11(4-6-12)13(18)17(9-1-7-15)10-2-8-16/h3-6H,1-2,9-10H2. The average Bonchev–Trinajstić information content (AvgIpc) is 2.39. The van der Waals surface area contributed by atoms with Crippen molar-refractivity contribution < 1.29 is 4.79 Å². The zero-order valence-electron chi connectivity index (χ0n) is 9.77. The van der Waals surface area contributed by atoms with Crippen LogP contribution in [0.1, 0.15) is 23.2 Å². The molecule has 0 heterocycles. The van der Waals surface area contributed by atoms with E-state index in [4.69, 9.17) is 22.1 Å². The third kappa shape index (κ3) is 4.08. The Hall–Kier alpha value is -2.04. The summed E-state index contributed by atoms with van der Waals surface area (Å²) in [6.45, 7) is 0.666. The lowest BCUT2D eigenvalue weighted by molar-refractivity contribution is 0.0762. The van der Waals surface area contributed by atoms with Crippen LogP contribution in [0.2, 0.25) is 5.02 Å². The van der Waals surface area contributed by atoms with Gasteiger partial charge in [0.25, 0.3) is 5.91 Å². The zero-order valence-corrected chi connectivity index (χ0v) is 10.5. The molecule has 0 bridgehead atoms. The van der Waals surface area contributed by atoms with Crippen LogP contribution in [-0.4, -0.2) is 23.9 Å². The van der Waals surface area contributed by atoms with Gasteiger partial charge < -0.3 is 4.90 Å². The van der Waals surface area contributed by atoms with E-state index in [1.54, 1.807) is 24.3 Å². The summed E-state index contributed by atoms with van der Waals surface area (Å²) >= 11 is 5.75. The second kappa shape index (κ2) is 7.32. The fraction of sp³-hybridized carbons (Fsp3) is 0.308. The van der Waals surface area contributed by atoms with E-state index in [1.165, 1.54) is 4.90 Å². The van der Waals surface area contributed by atoms with Crippen LogP contribution in [0.3, 0.4) is 0 Å². The average molecular weight is 262 g/mol. The molecule has 0 unspecified atom stereocenters. The van der Waals surface area contributed by atoms with Gasteiger partial charge >= 0.3 is 0 Å². The molecule has 0 aliphatic heterocycles. The summed E-state index contributed by atoms with van der Waals surface area (Å²) in [4.78, 5) is 13.6. The Morgan fingerprint density at radius 3 is 2.06 bits per heavy atom. The Labute approximate surface area is 111 Å². The monoisotopic (exact) mass is 261 g/mol. The minimum atomic E-state index is -0.183. The smallest absolute Gasteiger partial charge is 0.253 e. The molecule has 1 rings (SSSR count). The van der Waals surface area contributed by atoms with Crippen LogP contribution in [-0.2, 0) is 0 Å². The van der Waals surface area contributed by atoms with Gasteiger partial charge in [-0.15, -0.1) is 0 Å². The second-order valence-corrected chi connectivity index (χ2v) is 4.05. The van der Waals surface area contributed by atoms with E-state index >= 15 is 0 Å². The first-order chi connectivity index (χ1) is 8.69. The van der Waals surface area contributed by atoms with Crippen LogP contribution in [0.5, 0.6) is 0 Å². The number of hydrogen-bond donors (Lipinski definition) is 0. The number of carbonyl (C=O) groups is 1. The van der Waals surface area contributed by atoms with E-state index in [9.17, 15) is 4.79 Å². The van der Waals surface area contributed by atoms with Gasteiger partial charge in [0.15, 0.2) is 0 Å². The number of halogens is 1. The number of rotatable bonds is 5. The van der Waals surface area contributed by atoms with E-state index in [2.05, 4.69) is 0 Å². The first-order valence-electron chi connectivity index (χ1n) is 5.47. The molecule has 0 fully saturated rings. The summed E-state index contributed by atoms with van der Waals surface area (Å²) in [6.07, 6.45) is 0.509. The van der Waals surface area contributed by atoms with Crippen molar-refractivity contribution in [2.24, 2.45) is 0 Å². The Kier molecular flexibility index (Phi) is 5.70. The van der Waals surface area contributed by atoms with Crippen molar-refractivity contribution in [3.8, 4) is 12.1 Å². The highest BCUT2D eigenvalue weighted by Crippen LogP contribution is 2.12. The largest absolute Gasteiger partial charge is 0.337 e. The molecule has 0 radical (unpaired) electrons. The molecular formula is C13H12ClN3O. The second-order valence-electron chi connectivity index (χ2n) is 3.62. The summed E-state index contributed by atoms with van der Waals surface area (Å²) in [5.74, 6) is -0.183. The predicted molar refractivity (Wildman–Crippen MR) is 67.8 cm³/mol. The lowest BCUT2D eigenvalue weighted by Crippen LogP contribution is -2.32. The third-order valence-electron chi connectivity index (χ3n) is 2.37. The summed E-state index contributed by atoms with van der Waals surface area (Å²) < 4.78 is 0. The highest BCUT2D eigenvalue weighted by Gasteiger charge is 2.14. The molecule has 0 aliphatic rings. The molecule has 1 amide bonds. The first-order valence-corrected chi connectivity index (χ1v) is 5.85. The van der Waals surface area contributed by atoms with Gasteiger partial charge in [0.2, 0.25) is 0 Å². The number of benzene rings is 1. The van der Waals surface area contributed by atoms with Crippen molar-refractivity contribution in [2.45, 2.75) is 12.8 Å². The molecule has 1 aromatic rings. The van der Waals surface area contributed by atoms with Crippen molar-refractivity contribution in [3.63, 3.8) is 0 Å². The van der Waals surface area contributed by atoms with Crippen LogP contribution >= 0.6 is 11.6 Å². The molecule has 0 aliphatic carbocycles. The van der Waals surface area contributed by atoms with Gasteiger partial charge in [-0.1, -0.05) is 11.6 Å². The Morgan fingerprint density at radius 1 is 1.11 bits per heavy atom. The topological polar surface area (TPSA) is 67.9 Å². The lowest BCUT2D eigenvalue weighted by atomic mass is 10.2. The molecule has 1 aromatic carbocycles. The number of hydrogen-bond acceptors (Lipinski definition) is 3. The molecule has 18 heavy (non-hydrogen) atoms. The quantitative estimate of drug-likeness (QED) is 0.818. The summed E-state index contributed by atoms with van der Waals surface area (Å²) in [6, 6.07) is 10.5. The molecule has 0 N–H and O–H groups in total. The fourth-order valence-corrected chi connectivity index (χ4v) is 1.59. The molecule has 0 atom stereocenters. The summed E-state index contributed by atoms with van der Waals surface area (Å²) in [7, 11) is 0.